The highest BCUT2D eigenvalue weighted by Gasteiger charge is 1.99. The molecule has 0 saturated carbocycles. The average Bonchev–Trinajstić information content (AvgIpc) is 2.08. The fourth-order valence-corrected chi connectivity index (χ4v) is 1.47. The Morgan fingerprint density at radius 2 is 2.00 bits per heavy atom. The van der Waals surface area contributed by atoms with Gasteiger partial charge in [-0.2, -0.15) is 0 Å². The molecule has 0 aliphatic rings. The summed E-state index contributed by atoms with van der Waals surface area (Å²) in [4.78, 5) is 0. The molecule has 54 valence electrons. The maximum atomic E-state index is 7.58. The Morgan fingerprint density at radius 3 is 2.60 bits per heavy atom. The van der Waals surface area contributed by atoms with Crippen molar-refractivity contribution in [3.05, 3.63) is 31.6 Å². The van der Waals surface area contributed by atoms with Gasteiger partial charge in [0.2, 0.25) is 0 Å². The minimum Gasteiger partial charge on any atom is -0.0831 e. The summed E-state index contributed by atoms with van der Waals surface area (Å²) in [5.41, 5.74) is 0.719. The maximum Gasteiger partial charge on any atom is 0.0651 e. The third kappa shape index (κ3) is 1.74. The molecule has 10 heavy (non-hydrogen) atoms. The van der Waals surface area contributed by atoms with Crippen LogP contribution < -0.4 is 0 Å². The fraction of sp³-hybridized carbons (Fsp3) is 0.143. The molecule has 0 aromatic heterocycles. The van der Waals surface area contributed by atoms with Crippen LogP contribution in [0, 0.1) is 6.92 Å². The van der Waals surface area contributed by atoms with Gasteiger partial charge in [0.05, 0.1) is 7.76 Å². The van der Waals surface area contributed by atoms with Gasteiger partial charge in [0, 0.05) is 8.95 Å². The molecule has 0 atom stereocenters. The van der Waals surface area contributed by atoms with Gasteiger partial charge in [-0.25, -0.2) is 0 Å². The Hall–Kier alpha value is 0.470. The molecule has 0 unspecified atom stereocenters. The van der Waals surface area contributed by atoms with E-state index in [1.54, 1.807) is 6.92 Å². The molecule has 3 heteroatoms. The number of halogens is 3. The maximum absolute atomic E-state index is 7.58. The van der Waals surface area contributed by atoms with E-state index in [0.717, 1.165) is 5.56 Å². The largest absolute Gasteiger partial charge is 0.0831 e. The first-order valence-electron chi connectivity index (χ1n) is 3.57. The van der Waals surface area contributed by atoms with E-state index in [-0.39, 0.29) is 11.1 Å². The van der Waals surface area contributed by atoms with Crippen molar-refractivity contribution in [2.75, 3.05) is 0 Å². The molecular formula is C7H5Br2Cl. The smallest absolute Gasteiger partial charge is 0.0651 e. The predicted molar refractivity (Wildman–Crippen MR) is 51.6 cm³/mol. The lowest BCUT2D eigenvalue weighted by Gasteiger charge is -1.99. The van der Waals surface area contributed by atoms with Crippen molar-refractivity contribution in [3.63, 3.8) is 0 Å². The van der Waals surface area contributed by atoms with Crippen LogP contribution in [0.3, 0.4) is 0 Å². The molecule has 0 nitrogen and oxygen atoms in total. The summed E-state index contributed by atoms with van der Waals surface area (Å²) in [6.07, 6.45) is 0. The van der Waals surface area contributed by atoms with Crippen molar-refractivity contribution in [1.29, 1.82) is 0 Å². The molecule has 0 aliphatic heterocycles. The lowest BCUT2D eigenvalue weighted by molar-refractivity contribution is 1.41. The third-order valence-electron chi connectivity index (χ3n) is 1.04. The highest BCUT2D eigenvalue weighted by molar-refractivity contribution is 9.11. The second-order valence-electron chi connectivity index (χ2n) is 1.82. The molecule has 0 radical (unpaired) electrons. The van der Waals surface area contributed by atoms with Crippen molar-refractivity contribution in [3.8, 4) is 0 Å². The van der Waals surface area contributed by atoms with Crippen LogP contribution in [0.15, 0.2) is 21.0 Å². The van der Waals surface area contributed by atoms with Crippen LogP contribution in [0.1, 0.15) is 8.30 Å². The van der Waals surface area contributed by atoms with Crippen LogP contribution in [0.2, 0.25) is 5.02 Å². The molecule has 0 bridgehead atoms. The first kappa shape index (κ1) is 6.04. The summed E-state index contributed by atoms with van der Waals surface area (Å²) in [5, 5.41) is 0.275. The van der Waals surface area contributed by atoms with Crippen LogP contribution in [0.25, 0.3) is 0 Å². The van der Waals surface area contributed by atoms with E-state index in [1.807, 2.05) is 0 Å². The van der Waals surface area contributed by atoms with Gasteiger partial charge >= 0.3 is 0 Å². The zero-order chi connectivity index (χ0) is 9.46. The Morgan fingerprint density at radius 1 is 1.40 bits per heavy atom. The van der Waals surface area contributed by atoms with Crippen LogP contribution in [-0.2, 0) is 0 Å². The summed E-state index contributed by atoms with van der Waals surface area (Å²) in [5.74, 6) is 0. The van der Waals surface area contributed by atoms with Gasteiger partial charge in [-0.15, -0.1) is 0 Å². The number of hydrogen-bond acceptors (Lipinski definition) is 0. The van der Waals surface area contributed by atoms with Gasteiger partial charge < -0.3 is 0 Å². The van der Waals surface area contributed by atoms with Gasteiger partial charge in [-0.3, -0.25) is 0 Å². The molecule has 1 aromatic rings. The molecule has 1 aromatic carbocycles. The van der Waals surface area contributed by atoms with Crippen LogP contribution in [0.5, 0.6) is 0 Å². The molecule has 0 saturated heterocycles. The van der Waals surface area contributed by atoms with Crippen LogP contribution >= 0.6 is 43.5 Å². The van der Waals surface area contributed by atoms with E-state index in [9.17, 15) is 0 Å². The Balaban J connectivity index is 3.60. The highest BCUT2D eigenvalue weighted by atomic mass is 79.9. The standard InChI is InChI=1S/C7H5Br2Cl/c1-4-2-6(9)7(10)3-5(4)8/h2-3H,1H3/i2D,3D. The molecule has 0 N–H and O–H groups in total. The van der Waals surface area contributed by atoms with Crippen molar-refractivity contribution in [2.45, 2.75) is 6.92 Å². The molecule has 0 fully saturated rings. The second-order valence-corrected chi connectivity index (χ2v) is 3.78. The Bertz CT molecular complexity index is 234. The van der Waals surface area contributed by atoms with Crippen molar-refractivity contribution < 1.29 is 2.74 Å². The molecule has 1 rings (SSSR count). The summed E-state index contributed by atoms with van der Waals surface area (Å²) in [6.45, 7) is 1.77. The first-order valence-corrected chi connectivity index (χ1v) is 4.53. The SMILES string of the molecule is [2H]c1c(Cl)c(Br)c([2H])c(C)c1Br. The summed E-state index contributed by atoms with van der Waals surface area (Å²) in [6, 6.07) is 0.542. The van der Waals surface area contributed by atoms with Crippen molar-refractivity contribution in [1.82, 2.24) is 0 Å². The lowest BCUT2D eigenvalue weighted by Crippen LogP contribution is -1.76. The quantitative estimate of drug-likeness (QED) is 0.628. The number of benzene rings is 1. The van der Waals surface area contributed by atoms with Crippen molar-refractivity contribution in [2.24, 2.45) is 0 Å². The first-order chi connectivity index (χ1) is 5.46. The third-order valence-corrected chi connectivity index (χ3v) is 2.94. The molecular weight excluding hydrogens is 279 g/mol. The van der Waals surface area contributed by atoms with Crippen LogP contribution in [-0.4, -0.2) is 0 Å². The molecule has 0 aliphatic carbocycles. The van der Waals surface area contributed by atoms with Crippen LogP contribution in [0.4, 0.5) is 0 Å². The van der Waals surface area contributed by atoms with E-state index in [0.29, 0.717) is 15.0 Å². The van der Waals surface area contributed by atoms with Gasteiger partial charge in [-0.1, -0.05) is 27.5 Å². The van der Waals surface area contributed by atoms with Gasteiger partial charge in [0.1, 0.15) is 0 Å². The highest BCUT2D eigenvalue weighted by Crippen LogP contribution is 2.28. The van der Waals surface area contributed by atoms with Gasteiger partial charge in [-0.05, 0) is 40.5 Å². The minimum atomic E-state index is 0.219. The second kappa shape index (κ2) is 3.24. The summed E-state index contributed by atoms with van der Waals surface area (Å²) < 4.78 is 16.2. The van der Waals surface area contributed by atoms with E-state index >= 15 is 0 Å². The van der Waals surface area contributed by atoms with Gasteiger partial charge in [0.15, 0.2) is 0 Å². The van der Waals surface area contributed by atoms with E-state index < -0.39 is 0 Å². The van der Waals surface area contributed by atoms with E-state index in [2.05, 4.69) is 31.9 Å². The summed E-state index contributed by atoms with van der Waals surface area (Å²) >= 11 is 12.1. The molecule has 0 amide bonds. The molecule has 0 heterocycles. The average molecular weight is 286 g/mol. The van der Waals surface area contributed by atoms with E-state index in [4.69, 9.17) is 14.3 Å². The number of hydrogen-bond donors (Lipinski definition) is 0. The topological polar surface area (TPSA) is 0 Å². The van der Waals surface area contributed by atoms with E-state index in [1.165, 1.54) is 0 Å². The zero-order valence-corrected chi connectivity index (χ0v) is 9.06. The normalized spacial score (nSPS) is 12.8. The Labute approximate surface area is 84.6 Å². The monoisotopic (exact) mass is 284 g/mol. The zero-order valence-electron chi connectivity index (χ0n) is 7.13. The fourth-order valence-electron chi connectivity index (χ4n) is 0.519. The molecule has 0 spiro atoms. The number of rotatable bonds is 0. The van der Waals surface area contributed by atoms with Gasteiger partial charge in [0.25, 0.3) is 0 Å². The predicted octanol–water partition coefficient (Wildman–Crippen LogP) is 4.17. The Kier molecular flexibility index (Phi) is 1.96. The van der Waals surface area contributed by atoms with Crippen molar-refractivity contribution >= 4 is 43.5 Å². The lowest BCUT2D eigenvalue weighted by atomic mass is 10.2. The minimum absolute atomic E-state index is 0.219. The summed E-state index contributed by atoms with van der Waals surface area (Å²) in [7, 11) is 0.